The van der Waals surface area contributed by atoms with Crippen LogP contribution in [0.15, 0.2) is 79.1 Å². The van der Waals surface area contributed by atoms with E-state index in [1.54, 1.807) is 0 Å². The molecular formula is C26H28N4. The van der Waals surface area contributed by atoms with E-state index in [4.69, 9.17) is 0 Å². The molecule has 152 valence electrons. The zero-order valence-electron chi connectivity index (χ0n) is 17.9. The predicted octanol–water partition coefficient (Wildman–Crippen LogP) is 5.39. The van der Waals surface area contributed by atoms with E-state index in [9.17, 15) is 0 Å². The Labute approximate surface area is 178 Å². The van der Waals surface area contributed by atoms with Crippen molar-refractivity contribution in [3.05, 3.63) is 113 Å². The smallest absolute Gasteiger partial charge is 0.0651 e. The molecule has 0 atom stereocenters. The zero-order chi connectivity index (χ0) is 20.9. The number of aryl methyl sites for hydroxylation is 3. The van der Waals surface area contributed by atoms with E-state index < -0.39 is 0 Å². The van der Waals surface area contributed by atoms with E-state index in [0.717, 1.165) is 36.7 Å². The maximum absolute atomic E-state index is 4.64. The molecule has 0 fully saturated rings. The van der Waals surface area contributed by atoms with Crippen LogP contribution in [0.25, 0.3) is 5.69 Å². The second kappa shape index (κ2) is 9.06. The van der Waals surface area contributed by atoms with Crippen LogP contribution in [0.2, 0.25) is 0 Å². The van der Waals surface area contributed by atoms with Crippen molar-refractivity contribution >= 4 is 0 Å². The SMILES string of the molecule is Cc1ccc(CN(Cc2ccncc2)Cc2cccc(-n3nc(C)cc3C)c2)cc1. The Morgan fingerprint density at radius 3 is 2.07 bits per heavy atom. The van der Waals surface area contributed by atoms with Gasteiger partial charge < -0.3 is 0 Å². The maximum Gasteiger partial charge on any atom is 0.0651 e. The number of benzene rings is 2. The van der Waals surface area contributed by atoms with Crippen LogP contribution in [-0.4, -0.2) is 19.7 Å². The molecular weight excluding hydrogens is 368 g/mol. The van der Waals surface area contributed by atoms with Crippen molar-refractivity contribution < 1.29 is 0 Å². The lowest BCUT2D eigenvalue weighted by Gasteiger charge is -2.23. The van der Waals surface area contributed by atoms with E-state index in [-0.39, 0.29) is 0 Å². The third kappa shape index (κ3) is 5.02. The lowest BCUT2D eigenvalue weighted by Crippen LogP contribution is -2.22. The van der Waals surface area contributed by atoms with Gasteiger partial charge in [0.05, 0.1) is 11.4 Å². The summed E-state index contributed by atoms with van der Waals surface area (Å²) in [6, 6.07) is 23.8. The molecule has 0 spiro atoms. The molecule has 0 aliphatic heterocycles. The van der Waals surface area contributed by atoms with Crippen molar-refractivity contribution in [1.82, 2.24) is 19.7 Å². The molecule has 0 unspecified atom stereocenters. The van der Waals surface area contributed by atoms with Gasteiger partial charge in [-0.05, 0) is 67.8 Å². The van der Waals surface area contributed by atoms with Crippen molar-refractivity contribution in [1.29, 1.82) is 0 Å². The summed E-state index contributed by atoms with van der Waals surface area (Å²) in [5, 5.41) is 4.64. The second-order valence-corrected chi connectivity index (χ2v) is 8.00. The molecule has 4 aromatic rings. The van der Waals surface area contributed by atoms with Gasteiger partial charge in [-0.1, -0.05) is 42.0 Å². The normalized spacial score (nSPS) is 11.2. The average Bonchev–Trinajstić information content (AvgIpc) is 3.09. The highest BCUT2D eigenvalue weighted by Gasteiger charge is 2.11. The Bertz CT molecular complexity index is 1100. The van der Waals surface area contributed by atoms with Crippen molar-refractivity contribution in [3.63, 3.8) is 0 Å². The first-order valence-electron chi connectivity index (χ1n) is 10.4. The minimum absolute atomic E-state index is 0.864. The van der Waals surface area contributed by atoms with Crippen LogP contribution >= 0.6 is 0 Å². The Hall–Kier alpha value is -3.24. The Morgan fingerprint density at radius 2 is 1.40 bits per heavy atom. The highest BCUT2D eigenvalue weighted by atomic mass is 15.3. The number of pyridine rings is 1. The summed E-state index contributed by atoms with van der Waals surface area (Å²) < 4.78 is 2.02. The van der Waals surface area contributed by atoms with Gasteiger partial charge in [0.25, 0.3) is 0 Å². The van der Waals surface area contributed by atoms with Gasteiger partial charge >= 0.3 is 0 Å². The molecule has 0 bridgehead atoms. The van der Waals surface area contributed by atoms with Crippen LogP contribution in [0.5, 0.6) is 0 Å². The van der Waals surface area contributed by atoms with Crippen molar-refractivity contribution in [2.45, 2.75) is 40.4 Å². The first-order valence-corrected chi connectivity index (χ1v) is 10.4. The number of rotatable bonds is 7. The molecule has 0 N–H and O–H groups in total. The van der Waals surface area contributed by atoms with Crippen LogP contribution in [0.1, 0.15) is 33.6 Å². The largest absolute Gasteiger partial charge is 0.291 e. The van der Waals surface area contributed by atoms with E-state index in [1.165, 1.54) is 22.3 Å². The molecule has 2 aromatic heterocycles. The van der Waals surface area contributed by atoms with Crippen molar-refractivity contribution in [2.75, 3.05) is 0 Å². The van der Waals surface area contributed by atoms with Gasteiger partial charge in [0.15, 0.2) is 0 Å². The Morgan fingerprint density at radius 1 is 0.733 bits per heavy atom. The average molecular weight is 397 g/mol. The number of hydrogen-bond donors (Lipinski definition) is 0. The fourth-order valence-corrected chi connectivity index (χ4v) is 3.80. The summed E-state index contributed by atoms with van der Waals surface area (Å²) in [6.07, 6.45) is 3.73. The molecule has 0 radical (unpaired) electrons. The van der Waals surface area contributed by atoms with E-state index in [2.05, 4.69) is 95.6 Å². The highest BCUT2D eigenvalue weighted by molar-refractivity contribution is 5.37. The fourth-order valence-electron chi connectivity index (χ4n) is 3.80. The first kappa shape index (κ1) is 20.0. The summed E-state index contributed by atoms with van der Waals surface area (Å²) in [7, 11) is 0. The zero-order valence-corrected chi connectivity index (χ0v) is 17.9. The number of nitrogens with zero attached hydrogens (tertiary/aromatic N) is 4. The monoisotopic (exact) mass is 396 g/mol. The summed E-state index contributed by atoms with van der Waals surface area (Å²) in [5.41, 5.74) is 8.46. The summed E-state index contributed by atoms with van der Waals surface area (Å²) in [6.45, 7) is 8.89. The second-order valence-electron chi connectivity index (χ2n) is 8.00. The Kier molecular flexibility index (Phi) is 6.05. The third-order valence-electron chi connectivity index (χ3n) is 5.25. The van der Waals surface area contributed by atoms with Crippen LogP contribution in [0.4, 0.5) is 0 Å². The van der Waals surface area contributed by atoms with E-state index >= 15 is 0 Å². The van der Waals surface area contributed by atoms with E-state index in [1.807, 2.05) is 24.0 Å². The van der Waals surface area contributed by atoms with Gasteiger partial charge in [-0.15, -0.1) is 0 Å². The van der Waals surface area contributed by atoms with Gasteiger partial charge in [0.1, 0.15) is 0 Å². The van der Waals surface area contributed by atoms with Gasteiger partial charge in [0.2, 0.25) is 0 Å². The molecule has 0 aliphatic rings. The quantitative estimate of drug-likeness (QED) is 0.420. The fraction of sp³-hybridized carbons (Fsp3) is 0.231. The van der Waals surface area contributed by atoms with Gasteiger partial charge in [-0.25, -0.2) is 4.68 Å². The summed E-state index contributed by atoms with van der Waals surface area (Å²) >= 11 is 0. The molecule has 4 nitrogen and oxygen atoms in total. The van der Waals surface area contributed by atoms with Crippen LogP contribution < -0.4 is 0 Å². The minimum Gasteiger partial charge on any atom is -0.291 e. The lowest BCUT2D eigenvalue weighted by molar-refractivity contribution is 0.247. The summed E-state index contributed by atoms with van der Waals surface area (Å²) in [5.74, 6) is 0. The number of aromatic nitrogens is 3. The van der Waals surface area contributed by atoms with Crippen LogP contribution in [0.3, 0.4) is 0 Å². The topological polar surface area (TPSA) is 34.0 Å². The van der Waals surface area contributed by atoms with Gasteiger partial charge in [0, 0.05) is 37.7 Å². The molecule has 2 aromatic carbocycles. The third-order valence-corrected chi connectivity index (χ3v) is 5.25. The van der Waals surface area contributed by atoms with E-state index in [0.29, 0.717) is 0 Å². The molecule has 2 heterocycles. The maximum atomic E-state index is 4.64. The predicted molar refractivity (Wildman–Crippen MR) is 121 cm³/mol. The Balaban J connectivity index is 1.58. The molecule has 4 heteroatoms. The van der Waals surface area contributed by atoms with Crippen LogP contribution in [0, 0.1) is 20.8 Å². The molecule has 4 rings (SSSR count). The minimum atomic E-state index is 0.864. The first-order chi connectivity index (χ1) is 14.6. The summed E-state index contributed by atoms with van der Waals surface area (Å²) in [4.78, 5) is 6.63. The standard InChI is InChI=1S/C26H28N4/c1-20-7-9-23(10-8-20)17-29(18-24-11-13-27-14-12-24)19-25-5-4-6-26(16-25)30-22(3)15-21(2)28-30/h4-16H,17-19H2,1-3H3. The molecule has 0 saturated heterocycles. The van der Waals surface area contributed by atoms with Crippen LogP contribution in [-0.2, 0) is 19.6 Å². The van der Waals surface area contributed by atoms with Gasteiger partial charge in [-0.3, -0.25) is 9.88 Å². The molecule has 0 amide bonds. The molecule has 30 heavy (non-hydrogen) atoms. The number of hydrogen-bond acceptors (Lipinski definition) is 3. The van der Waals surface area contributed by atoms with Crippen molar-refractivity contribution in [2.24, 2.45) is 0 Å². The van der Waals surface area contributed by atoms with Crippen molar-refractivity contribution in [3.8, 4) is 5.69 Å². The molecule has 0 saturated carbocycles. The molecule has 0 aliphatic carbocycles. The van der Waals surface area contributed by atoms with Gasteiger partial charge in [-0.2, -0.15) is 5.10 Å². The highest BCUT2D eigenvalue weighted by Crippen LogP contribution is 2.18. The lowest BCUT2D eigenvalue weighted by atomic mass is 10.1.